The van der Waals surface area contributed by atoms with Crippen LogP contribution in [0.2, 0.25) is 0 Å². The maximum atomic E-state index is 11.3. The molecule has 0 heterocycles. The molecule has 0 bridgehead atoms. The summed E-state index contributed by atoms with van der Waals surface area (Å²) < 4.78 is 33.8. The van der Waals surface area contributed by atoms with Crippen molar-refractivity contribution in [2.45, 2.75) is 24.3 Å². The Bertz CT molecular complexity index is 66.2. The number of alkyl halides is 4. The van der Waals surface area contributed by atoms with Gasteiger partial charge in [-0.25, -0.2) is 0 Å². The van der Waals surface area contributed by atoms with Crippen molar-refractivity contribution in [2.75, 3.05) is 0 Å². The maximum Gasteiger partial charge on any atom is 0.390 e. The maximum absolute atomic E-state index is 11.3. The zero-order valence-electron chi connectivity index (χ0n) is 4.30. The summed E-state index contributed by atoms with van der Waals surface area (Å²) >= 11 is 2.79. The van der Waals surface area contributed by atoms with Gasteiger partial charge in [0.1, 0.15) is 0 Å². The van der Waals surface area contributed by atoms with E-state index in [9.17, 15) is 13.2 Å². The lowest BCUT2D eigenvalue weighted by molar-refractivity contribution is -0.133. The minimum atomic E-state index is -4.02. The van der Waals surface area contributed by atoms with E-state index >= 15 is 0 Å². The topological polar surface area (TPSA) is 0 Å². The first-order valence-corrected chi connectivity index (χ1v) is 3.04. The third kappa shape index (κ3) is 6.27. The van der Waals surface area contributed by atoms with E-state index in [1.807, 2.05) is 0 Å². The Kier molecular flexibility index (Phi) is 2.80. The average molecular weight is 191 g/mol. The lowest BCUT2D eigenvalue weighted by Gasteiger charge is -2.05. The predicted octanol–water partition coefficient (Wildman–Crippen LogP) is 2.72. The van der Waals surface area contributed by atoms with Crippen LogP contribution in [0.15, 0.2) is 0 Å². The Morgan fingerprint density at radius 2 is 1.88 bits per heavy atom. The molecule has 0 spiro atoms. The first kappa shape index (κ1) is 8.27. The highest BCUT2D eigenvalue weighted by atomic mass is 79.9. The molecule has 0 nitrogen and oxygen atoms in total. The monoisotopic (exact) mass is 190 g/mol. The van der Waals surface area contributed by atoms with Gasteiger partial charge >= 0.3 is 6.18 Å². The molecule has 1 atom stereocenters. The van der Waals surface area contributed by atoms with Gasteiger partial charge < -0.3 is 0 Å². The van der Waals surface area contributed by atoms with Gasteiger partial charge in [-0.1, -0.05) is 22.9 Å². The highest BCUT2D eigenvalue weighted by Crippen LogP contribution is 2.24. The van der Waals surface area contributed by atoms with Gasteiger partial charge in [-0.05, 0) is 0 Å². The number of hydrogen-bond acceptors (Lipinski definition) is 0. The van der Waals surface area contributed by atoms with Crippen LogP contribution in [-0.4, -0.2) is 11.0 Å². The summed E-state index contributed by atoms with van der Waals surface area (Å²) in [6.07, 6.45) is -4.78. The van der Waals surface area contributed by atoms with Crippen LogP contribution in [-0.2, 0) is 0 Å². The standard InChI is InChI=1S/C4H6BrF3/c1-3(5)2-4(6,7)8/h3H,2H2,1H3/t3-/m1/s1. The van der Waals surface area contributed by atoms with Crippen LogP contribution in [0.25, 0.3) is 0 Å². The van der Waals surface area contributed by atoms with E-state index in [2.05, 4.69) is 15.9 Å². The van der Waals surface area contributed by atoms with Gasteiger partial charge in [0.05, 0.1) is 6.42 Å². The molecular weight excluding hydrogens is 185 g/mol. The molecule has 8 heavy (non-hydrogen) atoms. The predicted molar refractivity (Wildman–Crippen MR) is 29.1 cm³/mol. The van der Waals surface area contributed by atoms with Crippen LogP contribution in [0, 0.1) is 0 Å². The summed E-state index contributed by atoms with van der Waals surface area (Å²) in [5.74, 6) is 0. The van der Waals surface area contributed by atoms with Crippen LogP contribution < -0.4 is 0 Å². The summed E-state index contributed by atoms with van der Waals surface area (Å²) in [5, 5.41) is 0. The largest absolute Gasteiger partial charge is 0.390 e. The molecule has 0 aromatic heterocycles. The minimum absolute atomic E-state index is 0.470. The first-order valence-electron chi connectivity index (χ1n) is 2.12. The molecular formula is C4H6BrF3. The summed E-state index contributed by atoms with van der Waals surface area (Å²) in [4.78, 5) is -0.470. The van der Waals surface area contributed by atoms with Gasteiger partial charge in [0, 0.05) is 4.83 Å². The molecule has 0 rings (SSSR count). The van der Waals surface area contributed by atoms with E-state index in [-0.39, 0.29) is 0 Å². The highest BCUT2D eigenvalue weighted by molar-refractivity contribution is 9.09. The molecule has 50 valence electrons. The summed E-state index contributed by atoms with van der Waals surface area (Å²) in [7, 11) is 0. The molecule has 0 fully saturated rings. The Labute approximate surface area is 54.2 Å². The fourth-order valence-corrected chi connectivity index (χ4v) is 0.686. The van der Waals surface area contributed by atoms with Gasteiger partial charge in [-0.15, -0.1) is 0 Å². The van der Waals surface area contributed by atoms with Crippen molar-refractivity contribution < 1.29 is 13.2 Å². The van der Waals surface area contributed by atoms with Crippen molar-refractivity contribution in [3.63, 3.8) is 0 Å². The van der Waals surface area contributed by atoms with E-state index in [1.165, 1.54) is 6.92 Å². The molecule has 0 saturated carbocycles. The van der Waals surface area contributed by atoms with Crippen LogP contribution in [0.5, 0.6) is 0 Å². The van der Waals surface area contributed by atoms with E-state index in [1.54, 1.807) is 0 Å². The van der Waals surface area contributed by atoms with Crippen LogP contribution >= 0.6 is 15.9 Å². The van der Waals surface area contributed by atoms with Crippen LogP contribution in [0.1, 0.15) is 13.3 Å². The average Bonchev–Trinajstić information content (AvgIpc) is 1.21. The van der Waals surface area contributed by atoms with Crippen molar-refractivity contribution in [3.8, 4) is 0 Å². The number of hydrogen-bond donors (Lipinski definition) is 0. The Hall–Kier alpha value is 0.270. The minimum Gasteiger partial charge on any atom is -0.171 e. The zero-order valence-corrected chi connectivity index (χ0v) is 5.88. The molecule has 0 amide bonds. The summed E-state index contributed by atoms with van der Waals surface area (Å²) in [6.45, 7) is 1.47. The van der Waals surface area contributed by atoms with Gasteiger partial charge in [0.2, 0.25) is 0 Å². The van der Waals surface area contributed by atoms with Crippen molar-refractivity contribution in [3.05, 3.63) is 0 Å². The Morgan fingerprint density at radius 3 is 1.88 bits per heavy atom. The van der Waals surface area contributed by atoms with Crippen molar-refractivity contribution in [1.82, 2.24) is 0 Å². The van der Waals surface area contributed by atoms with Gasteiger partial charge in [0.15, 0.2) is 0 Å². The summed E-state index contributed by atoms with van der Waals surface area (Å²) in [5.41, 5.74) is 0. The third-order valence-electron chi connectivity index (χ3n) is 0.513. The molecule has 0 N–H and O–H groups in total. The Balaban J connectivity index is 3.39. The quantitative estimate of drug-likeness (QED) is 0.559. The first-order chi connectivity index (χ1) is 3.42. The van der Waals surface area contributed by atoms with Gasteiger partial charge in [-0.2, -0.15) is 13.2 Å². The lowest BCUT2D eigenvalue weighted by atomic mass is 10.3. The summed E-state index contributed by atoms with van der Waals surface area (Å²) in [6, 6.07) is 0. The second-order valence-electron chi connectivity index (χ2n) is 1.60. The number of rotatable bonds is 1. The molecule has 0 saturated heterocycles. The van der Waals surface area contributed by atoms with E-state index in [0.717, 1.165) is 0 Å². The zero-order chi connectivity index (χ0) is 6.78. The SMILES string of the molecule is C[C@@H](Br)CC(F)(F)F. The second-order valence-corrected chi connectivity index (χ2v) is 3.16. The van der Waals surface area contributed by atoms with Gasteiger partial charge in [-0.3, -0.25) is 0 Å². The van der Waals surface area contributed by atoms with E-state index in [4.69, 9.17) is 0 Å². The van der Waals surface area contributed by atoms with Crippen molar-refractivity contribution in [1.29, 1.82) is 0 Å². The third-order valence-corrected chi connectivity index (χ3v) is 0.836. The molecule has 4 heteroatoms. The molecule has 0 radical (unpaired) electrons. The molecule has 0 aliphatic rings. The van der Waals surface area contributed by atoms with Crippen molar-refractivity contribution in [2.24, 2.45) is 0 Å². The molecule has 0 aromatic carbocycles. The smallest absolute Gasteiger partial charge is 0.171 e. The van der Waals surface area contributed by atoms with E-state index < -0.39 is 17.4 Å². The van der Waals surface area contributed by atoms with Crippen LogP contribution in [0.3, 0.4) is 0 Å². The van der Waals surface area contributed by atoms with Crippen molar-refractivity contribution >= 4 is 15.9 Å². The molecule has 0 aliphatic heterocycles. The Morgan fingerprint density at radius 1 is 1.50 bits per heavy atom. The normalized spacial score (nSPS) is 16.1. The molecule has 0 aromatic rings. The fourth-order valence-electron chi connectivity index (χ4n) is 0.319. The van der Waals surface area contributed by atoms with Gasteiger partial charge in [0.25, 0.3) is 0 Å². The van der Waals surface area contributed by atoms with Crippen LogP contribution in [0.4, 0.5) is 13.2 Å². The molecule has 0 aliphatic carbocycles. The highest BCUT2D eigenvalue weighted by Gasteiger charge is 2.28. The molecule has 0 unspecified atom stereocenters. The van der Waals surface area contributed by atoms with E-state index in [0.29, 0.717) is 0 Å². The number of halogens is 4. The second kappa shape index (κ2) is 2.71. The fraction of sp³-hybridized carbons (Fsp3) is 1.00. The lowest BCUT2D eigenvalue weighted by Crippen LogP contribution is -2.11.